The van der Waals surface area contributed by atoms with Gasteiger partial charge >= 0.3 is 12.1 Å². The third-order valence-electron chi connectivity index (χ3n) is 4.92. The minimum Gasteiger partial charge on any atom is -0.478 e. The monoisotopic (exact) mass is 401 g/mol. The Morgan fingerprint density at radius 3 is 1.97 bits per heavy atom. The Morgan fingerprint density at radius 2 is 1.45 bits per heavy atom. The lowest BCUT2D eigenvalue weighted by atomic mass is 9.96. The highest BCUT2D eigenvalue weighted by atomic mass is 19.4. The lowest BCUT2D eigenvalue weighted by Crippen LogP contribution is -2.29. The first-order valence-electron chi connectivity index (χ1n) is 9.49. The molecule has 1 aliphatic rings. The van der Waals surface area contributed by atoms with Crippen molar-refractivity contribution < 1.29 is 23.1 Å². The maximum absolute atomic E-state index is 12.9. The van der Waals surface area contributed by atoms with Crippen LogP contribution in [0.2, 0.25) is 0 Å². The van der Waals surface area contributed by atoms with Crippen LogP contribution in [0.4, 0.5) is 18.9 Å². The van der Waals surface area contributed by atoms with Gasteiger partial charge in [0.1, 0.15) is 0 Å². The number of carboxylic acids is 1. The Labute approximate surface area is 167 Å². The van der Waals surface area contributed by atoms with Gasteiger partial charge in [0.2, 0.25) is 0 Å². The second-order valence-electron chi connectivity index (χ2n) is 6.95. The van der Waals surface area contributed by atoms with Crippen molar-refractivity contribution in [2.75, 3.05) is 18.0 Å². The zero-order valence-electron chi connectivity index (χ0n) is 15.8. The summed E-state index contributed by atoms with van der Waals surface area (Å²) < 4.78 is 38.6. The molecule has 2 aromatic carbocycles. The number of piperidine rings is 1. The Bertz CT molecular complexity index is 891. The van der Waals surface area contributed by atoms with Crippen LogP contribution in [0.5, 0.6) is 0 Å². The Balaban J connectivity index is 1.92. The van der Waals surface area contributed by atoms with E-state index in [9.17, 15) is 18.0 Å². The molecule has 1 saturated heterocycles. The molecule has 152 valence electrons. The molecule has 0 bridgehead atoms. The summed E-state index contributed by atoms with van der Waals surface area (Å²) >= 11 is 0. The van der Waals surface area contributed by atoms with Crippen LogP contribution in [-0.4, -0.2) is 24.2 Å². The van der Waals surface area contributed by atoms with Gasteiger partial charge in [0.15, 0.2) is 0 Å². The number of allylic oxidation sites excluding steroid dienone is 2. The first kappa shape index (κ1) is 20.7. The molecule has 0 spiro atoms. The molecule has 0 amide bonds. The number of benzene rings is 2. The summed E-state index contributed by atoms with van der Waals surface area (Å²) in [5.41, 5.74) is 2.43. The van der Waals surface area contributed by atoms with Crippen LogP contribution in [0, 0.1) is 0 Å². The number of nitrogens with zero attached hydrogens (tertiary/aromatic N) is 1. The molecule has 3 rings (SSSR count). The molecule has 2 aromatic rings. The Kier molecular flexibility index (Phi) is 6.42. The molecule has 0 saturated carbocycles. The molecule has 0 aliphatic carbocycles. The fraction of sp³-hybridized carbons (Fsp3) is 0.261. The number of carboxylic acid groups (broad SMARTS) is 1. The van der Waals surface area contributed by atoms with E-state index in [0.29, 0.717) is 11.1 Å². The summed E-state index contributed by atoms with van der Waals surface area (Å²) in [5, 5.41) is 8.83. The van der Waals surface area contributed by atoms with E-state index in [1.54, 1.807) is 6.08 Å². The third kappa shape index (κ3) is 5.50. The average molecular weight is 401 g/mol. The average Bonchev–Trinajstić information content (AvgIpc) is 2.71. The van der Waals surface area contributed by atoms with E-state index in [-0.39, 0.29) is 0 Å². The van der Waals surface area contributed by atoms with Crippen LogP contribution in [0.3, 0.4) is 0 Å². The largest absolute Gasteiger partial charge is 0.478 e. The van der Waals surface area contributed by atoms with Crippen LogP contribution in [0.15, 0.2) is 66.8 Å². The molecule has 0 unspecified atom stereocenters. The number of anilines is 1. The van der Waals surface area contributed by atoms with Crippen LogP contribution in [0.25, 0.3) is 5.57 Å². The summed E-state index contributed by atoms with van der Waals surface area (Å²) in [6, 6.07) is 12.7. The summed E-state index contributed by atoms with van der Waals surface area (Å²) in [6.07, 6.45) is 3.15. The van der Waals surface area contributed by atoms with Gasteiger partial charge in [-0.15, -0.1) is 0 Å². The van der Waals surface area contributed by atoms with Crippen molar-refractivity contribution in [3.8, 4) is 0 Å². The first-order valence-corrected chi connectivity index (χ1v) is 9.49. The van der Waals surface area contributed by atoms with E-state index in [1.165, 1.54) is 37.5 Å². The first-order chi connectivity index (χ1) is 13.8. The predicted octanol–water partition coefficient (Wildman–Crippen LogP) is 5.77. The molecule has 0 aromatic heterocycles. The number of halogens is 3. The molecule has 29 heavy (non-hydrogen) atoms. The van der Waals surface area contributed by atoms with E-state index >= 15 is 0 Å². The Morgan fingerprint density at radius 1 is 0.897 bits per heavy atom. The van der Waals surface area contributed by atoms with Crippen molar-refractivity contribution in [2.45, 2.75) is 25.4 Å². The van der Waals surface area contributed by atoms with Gasteiger partial charge in [0.25, 0.3) is 0 Å². The summed E-state index contributed by atoms with van der Waals surface area (Å²) in [5.74, 6) is -1.09. The standard InChI is InChI=1S/C23H22F3NO2/c24-23(25,26)19-11-7-17(8-12-19)21(5-4-6-22(28)29)18-9-13-20(14-10-18)27-15-2-1-3-16-27/h4-14H,1-3,15-16H2,(H,28,29)/b6-4+,21-5-. The zero-order chi connectivity index (χ0) is 20.9. The highest BCUT2D eigenvalue weighted by Gasteiger charge is 2.30. The predicted molar refractivity (Wildman–Crippen MR) is 108 cm³/mol. The third-order valence-corrected chi connectivity index (χ3v) is 4.92. The van der Waals surface area contributed by atoms with E-state index in [0.717, 1.165) is 42.5 Å². The highest BCUT2D eigenvalue weighted by Crippen LogP contribution is 2.32. The fourth-order valence-corrected chi connectivity index (χ4v) is 3.43. The number of alkyl halides is 3. The Hall–Kier alpha value is -3.02. The van der Waals surface area contributed by atoms with Crippen LogP contribution >= 0.6 is 0 Å². The molecule has 1 aliphatic heterocycles. The maximum Gasteiger partial charge on any atom is 0.416 e. The summed E-state index contributed by atoms with van der Waals surface area (Å²) in [7, 11) is 0. The molecule has 6 heteroatoms. The van der Waals surface area contributed by atoms with Gasteiger partial charge in [0, 0.05) is 24.9 Å². The number of aliphatic carboxylic acids is 1. The van der Waals surface area contributed by atoms with Crippen molar-refractivity contribution in [1.29, 1.82) is 0 Å². The fourth-order valence-electron chi connectivity index (χ4n) is 3.43. The van der Waals surface area contributed by atoms with E-state index in [4.69, 9.17) is 5.11 Å². The van der Waals surface area contributed by atoms with Crippen LogP contribution < -0.4 is 4.90 Å². The van der Waals surface area contributed by atoms with Gasteiger partial charge in [-0.25, -0.2) is 4.79 Å². The van der Waals surface area contributed by atoms with Gasteiger partial charge in [-0.3, -0.25) is 0 Å². The molecule has 3 nitrogen and oxygen atoms in total. The molecule has 1 heterocycles. The van der Waals surface area contributed by atoms with Gasteiger partial charge in [0.05, 0.1) is 5.56 Å². The van der Waals surface area contributed by atoms with Gasteiger partial charge in [-0.1, -0.05) is 36.4 Å². The van der Waals surface area contributed by atoms with Gasteiger partial charge < -0.3 is 10.0 Å². The van der Waals surface area contributed by atoms with E-state index in [2.05, 4.69) is 4.90 Å². The second-order valence-corrected chi connectivity index (χ2v) is 6.95. The number of hydrogen-bond acceptors (Lipinski definition) is 2. The van der Waals surface area contributed by atoms with Crippen molar-refractivity contribution in [2.24, 2.45) is 0 Å². The smallest absolute Gasteiger partial charge is 0.416 e. The number of hydrogen-bond donors (Lipinski definition) is 1. The van der Waals surface area contributed by atoms with Crippen molar-refractivity contribution >= 4 is 17.2 Å². The topological polar surface area (TPSA) is 40.5 Å². The van der Waals surface area contributed by atoms with E-state index < -0.39 is 17.7 Å². The van der Waals surface area contributed by atoms with Crippen molar-refractivity contribution in [3.05, 3.63) is 83.4 Å². The minimum atomic E-state index is -4.40. The van der Waals surface area contributed by atoms with E-state index in [1.807, 2.05) is 24.3 Å². The molecule has 0 atom stereocenters. The minimum absolute atomic E-state index is 0.582. The molecular formula is C23H22F3NO2. The number of carbonyl (C=O) groups is 1. The van der Waals surface area contributed by atoms with Crippen molar-refractivity contribution in [3.63, 3.8) is 0 Å². The second kappa shape index (κ2) is 8.99. The van der Waals surface area contributed by atoms with Crippen molar-refractivity contribution in [1.82, 2.24) is 0 Å². The lowest BCUT2D eigenvalue weighted by Gasteiger charge is -2.29. The summed E-state index contributed by atoms with van der Waals surface area (Å²) in [6.45, 7) is 2.03. The van der Waals surface area contributed by atoms with Gasteiger partial charge in [-0.05, 0) is 60.2 Å². The summed E-state index contributed by atoms with van der Waals surface area (Å²) in [4.78, 5) is 13.1. The van der Waals surface area contributed by atoms with Crippen LogP contribution in [0.1, 0.15) is 36.0 Å². The quantitative estimate of drug-likeness (QED) is 0.511. The normalized spacial score (nSPS) is 15.7. The zero-order valence-corrected chi connectivity index (χ0v) is 15.8. The molecule has 0 radical (unpaired) electrons. The molecule has 1 fully saturated rings. The van der Waals surface area contributed by atoms with Gasteiger partial charge in [-0.2, -0.15) is 13.2 Å². The number of rotatable bonds is 5. The lowest BCUT2D eigenvalue weighted by molar-refractivity contribution is -0.137. The maximum atomic E-state index is 12.9. The SMILES string of the molecule is O=C(O)/C=C/C=C(\c1ccc(N2CCCCC2)cc1)c1ccc(C(F)(F)F)cc1. The molecular weight excluding hydrogens is 379 g/mol. The highest BCUT2D eigenvalue weighted by molar-refractivity contribution is 5.84. The van der Waals surface area contributed by atoms with Crippen LogP contribution in [-0.2, 0) is 11.0 Å². The molecule has 1 N–H and O–H groups in total.